The van der Waals surface area contributed by atoms with E-state index in [1.807, 2.05) is 84.9 Å². The van der Waals surface area contributed by atoms with E-state index in [2.05, 4.69) is 5.32 Å². The molecule has 0 aliphatic carbocycles. The van der Waals surface area contributed by atoms with E-state index < -0.39 is 11.5 Å². The zero-order valence-corrected chi connectivity index (χ0v) is 21.1. The zero-order chi connectivity index (χ0) is 26.4. The van der Waals surface area contributed by atoms with E-state index in [1.54, 1.807) is 31.2 Å². The van der Waals surface area contributed by atoms with Crippen molar-refractivity contribution in [2.24, 2.45) is 4.99 Å². The van der Waals surface area contributed by atoms with Gasteiger partial charge in [0, 0.05) is 17.3 Å². The van der Waals surface area contributed by atoms with Crippen molar-refractivity contribution in [1.82, 2.24) is 0 Å². The minimum absolute atomic E-state index is 0.277. The number of esters is 1. The highest BCUT2D eigenvalue weighted by molar-refractivity contribution is 6.04. The number of nitrogens with one attached hydrogen (secondary N) is 1. The summed E-state index contributed by atoms with van der Waals surface area (Å²) in [5, 5.41) is 4.54. The second-order valence-electron chi connectivity index (χ2n) is 9.09. The Morgan fingerprint density at radius 1 is 0.842 bits per heavy atom. The molecular weight excluding hydrogens is 476 g/mol. The third-order valence-electron chi connectivity index (χ3n) is 6.30. The molecule has 1 N–H and O–H groups in total. The van der Waals surface area contributed by atoms with Gasteiger partial charge in [-0.15, -0.1) is 0 Å². The Kier molecular flexibility index (Phi) is 7.31. The number of carbonyl (C=O) groups is 2. The third kappa shape index (κ3) is 5.65. The molecule has 1 heterocycles. The molecule has 0 radical (unpaired) electrons. The van der Waals surface area contributed by atoms with E-state index in [0.717, 1.165) is 21.7 Å². The van der Waals surface area contributed by atoms with Gasteiger partial charge in [0.15, 0.2) is 5.54 Å². The maximum absolute atomic E-state index is 13.8. The minimum atomic E-state index is -1.17. The van der Waals surface area contributed by atoms with Gasteiger partial charge in [0.25, 0.3) is 5.91 Å². The average Bonchev–Trinajstić information content (AvgIpc) is 3.32. The van der Waals surface area contributed by atoms with Gasteiger partial charge in [0.2, 0.25) is 0 Å². The fraction of sp³-hybridized carbons (Fsp3) is 0.156. The van der Waals surface area contributed by atoms with Crippen molar-refractivity contribution < 1.29 is 19.1 Å². The Bertz CT molecular complexity index is 1570. The predicted octanol–water partition coefficient (Wildman–Crippen LogP) is 4.48. The van der Waals surface area contributed by atoms with Crippen LogP contribution in [0.4, 0.5) is 5.69 Å². The van der Waals surface area contributed by atoms with E-state index in [1.165, 1.54) is 0 Å². The lowest BCUT2D eigenvalue weighted by atomic mass is 9.90. The molecule has 6 nitrogen and oxygen atoms in total. The van der Waals surface area contributed by atoms with Gasteiger partial charge >= 0.3 is 5.97 Å². The molecule has 4 aromatic carbocycles. The number of fused-ring (bicyclic) bond motifs is 1. The van der Waals surface area contributed by atoms with Crippen molar-refractivity contribution in [3.63, 3.8) is 0 Å². The molecule has 0 bridgehead atoms. The smallest absolute Gasteiger partial charge is 0.338 e. The summed E-state index contributed by atoms with van der Waals surface area (Å²) in [6.07, 6.45) is 2.28. The van der Waals surface area contributed by atoms with E-state index in [4.69, 9.17) is 14.5 Å². The predicted molar refractivity (Wildman–Crippen MR) is 146 cm³/mol. The van der Waals surface area contributed by atoms with Crippen molar-refractivity contribution in [1.29, 1.82) is 0 Å². The normalized spacial score (nSPS) is 15.5. The first-order valence-corrected chi connectivity index (χ1v) is 12.6. The van der Waals surface area contributed by atoms with Crippen molar-refractivity contribution in [3.8, 4) is 5.75 Å². The van der Waals surface area contributed by atoms with E-state index in [0.29, 0.717) is 30.0 Å². The van der Waals surface area contributed by atoms with Crippen molar-refractivity contribution in [2.75, 3.05) is 11.9 Å². The van der Waals surface area contributed by atoms with Crippen LogP contribution in [0.15, 0.2) is 108 Å². The standard InChI is InChI=1S/C32H28N2O4/c1-2-37-30(35)25-14-9-15-27(18-25)33-31(36)32(20-23-10-5-3-6-11-23)21-26-19-28(16-17-29(26)34-32)38-22-24-12-7-4-8-13-24/h3-19,21H,2,20,22H2,1H3,(H,33,36). The third-order valence-corrected chi connectivity index (χ3v) is 6.30. The van der Waals surface area contributed by atoms with Crippen molar-refractivity contribution in [2.45, 2.75) is 25.5 Å². The first-order chi connectivity index (χ1) is 18.5. The Balaban J connectivity index is 1.44. The number of hydrogen-bond acceptors (Lipinski definition) is 5. The van der Waals surface area contributed by atoms with Crippen LogP contribution in [0.5, 0.6) is 5.75 Å². The number of rotatable bonds is 9. The lowest BCUT2D eigenvalue weighted by molar-refractivity contribution is -0.119. The van der Waals surface area contributed by atoms with Gasteiger partial charge in [-0.25, -0.2) is 4.79 Å². The number of hydrogen-bond donors (Lipinski definition) is 1. The number of amides is 1. The van der Waals surface area contributed by atoms with Crippen LogP contribution < -0.4 is 20.6 Å². The van der Waals surface area contributed by atoms with Crippen LogP contribution in [-0.4, -0.2) is 24.0 Å². The van der Waals surface area contributed by atoms with E-state index in [-0.39, 0.29) is 12.5 Å². The number of benzene rings is 4. The number of anilines is 1. The van der Waals surface area contributed by atoms with Crippen LogP contribution in [0.3, 0.4) is 0 Å². The van der Waals surface area contributed by atoms with Crippen LogP contribution in [0, 0.1) is 0 Å². The molecule has 6 heteroatoms. The summed E-state index contributed by atoms with van der Waals surface area (Å²) in [6, 6.07) is 32.2. The molecule has 1 aliphatic heterocycles. The SMILES string of the molecule is CCOC(=O)c1cccc(NC(=O)C2(Cc3ccccc3)C=c3cc(OCc4ccccc4)ccc3=N2)c1. The van der Waals surface area contributed by atoms with Crippen LogP contribution in [-0.2, 0) is 22.6 Å². The summed E-state index contributed by atoms with van der Waals surface area (Å²) in [6.45, 7) is 2.48. The number of nitrogens with zero attached hydrogens (tertiary/aromatic N) is 1. The Labute approximate surface area is 221 Å². The Morgan fingerprint density at radius 3 is 2.32 bits per heavy atom. The molecule has 0 aromatic heterocycles. The molecule has 0 saturated carbocycles. The summed E-state index contributed by atoms with van der Waals surface area (Å²) in [7, 11) is 0. The monoisotopic (exact) mass is 504 g/mol. The molecule has 1 atom stereocenters. The Morgan fingerprint density at radius 2 is 1.58 bits per heavy atom. The van der Waals surface area contributed by atoms with Crippen LogP contribution in [0.1, 0.15) is 28.4 Å². The molecule has 0 fully saturated rings. The summed E-state index contributed by atoms with van der Waals surface area (Å²) in [5.74, 6) is -0.0161. The van der Waals surface area contributed by atoms with Gasteiger partial charge in [-0.1, -0.05) is 66.7 Å². The summed E-state index contributed by atoms with van der Waals surface area (Å²) < 4.78 is 11.1. The minimum Gasteiger partial charge on any atom is -0.489 e. The molecule has 5 rings (SSSR count). The fourth-order valence-corrected chi connectivity index (χ4v) is 4.46. The van der Waals surface area contributed by atoms with E-state index in [9.17, 15) is 9.59 Å². The van der Waals surface area contributed by atoms with Gasteiger partial charge in [0.1, 0.15) is 12.4 Å². The first-order valence-electron chi connectivity index (χ1n) is 12.6. The lowest BCUT2D eigenvalue weighted by Crippen LogP contribution is -2.41. The van der Waals surface area contributed by atoms with Crippen molar-refractivity contribution >= 4 is 23.6 Å². The highest BCUT2D eigenvalue weighted by Gasteiger charge is 2.38. The second kappa shape index (κ2) is 11.1. The maximum atomic E-state index is 13.8. The number of carbonyl (C=O) groups excluding carboxylic acids is 2. The number of ether oxygens (including phenoxy) is 2. The van der Waals surface area contributed by atoms with Gasteiger partial charge in [0.05, 0.1) is 17.5 Å². The second-order valence-corrected chi connectivity index (χ2v) is 9.09. The maximum Gasteiger partial charge on any atom is 0.338 e. The molecule has 1 aliphatic rings. The van der Waals surface area contributed by atoms with Gasteiger partial charge in [-0.05, 0) is 60.5 Å². The van der Waals surface area contributed by atoms with Crippen LogP contribution >= 0.6 is 0 Å². The highest BCUT2D eigenvalue weighted by atomic mass is 16.5. The molecule has 38 heavy (non-hydrogen) atoms. The topological polar surface area (TPSA) is 77.0 Å². The average molecular weight is 505 g/mol. The lowest BCUT2D eigenvalue weighted by Gasteiger charge is -2.24. The van der Waals surface area contributed by atoms with Gasteiger partial charge in [-0.2, -0.15) is 0 Å². The quantitative estimate of drug-likeness (QED) is 0.341. The highest BCUT2D eigenvalue weighted by Crippen LogP contribution is 2.25. The van der Waals surface area contributed by atoms with Crippen LogP contribution in [0.25, 0.3) is 6.08 Å². The van der Waals surface area contributed by atoms with Crippen LogP contribution in [0.2, 0.25) is 0 Å². The molecular formula is C32H28N2O4. The molecule has 190 valence electrons. The zero-order valence-electron chi connectivity index (χ0n) is 21.1. The van der Waals surface area contributed by atoms with Gasteiger partial charge in [-0.3, -0.25) is 9.79 Å². The summed E-state index contributed by atoms with van der Waals surface area (Å²) in [5.41, 5.74) is 1.76. The Hall–Kier alpha value is -4.71. The molecule has 1 amide bonds. The molecule has 0 spiro atoms. The molecule has 4 aromatic rings. The van der Waals surface area contributed by atoms with Crippen molar-refractivity contribution in [3.05, 3.63) is 130 Å². The van der Waals surface area contributed by atoms with E-state index >= 15 is 0 Å². The molecule has 1 unspecified atom stereocenters. The first kappa shape index (κ1) is 25.0. The molecule has 0 saturated heterocycles. The fourth-order valence-electron chi connectivity index (χ4n) is 4.46. The summed E-state index contributed by atoms with van der Waals surface area (Å²) >= 11 is 0. The largest absolute Gasteiger partial charge is 0.489 e. The van der Waals surface area contributed by atoms with Gasteiger partial charge < -0.3 is 14.8 Å². The summed E-state index contributed by atoms with van der Waals surface area (Å²) in [4.78, 5) is 30.9.